The van der Waals surface area contributed by atoms with Crippen LogP contribution < -0.4 is 0 Å². The van der Waals surface area contributed by atoms with Crippen molar-refractivity contribution in [3.63, 3.8) is 0 Å². The number of rotatable bonds is 3. The molecule has 0 aromatic carbocycles. The molecule has 1 aliphatic rings. The zero-order valence-corrected chi connectivity index (χ0v) is 11.1. The van der Waals surface area contributed by atoms with E-state index in [9.17, 15) is 4.79 Å². The van der Waals surface area contributed by atoms with Gasteiger partial charge < -0.3 is 4.74 Å². The van der Waals surface area contributed by atoms with Crippen molar-refractivity contribution in [3.8, 4) is 0 Å². The Labute approximate surface area is 99.6 Å². The van der Waals surface area contributed by atoms with Gasteiger partial charge in [-0.2, -0.15) is 0 Å². The summed E-state index contributed by atoms with van der Waals surface area (Å²) in [5, 5.41) is 0. The molecule has 3 nitrogen and oxygen atoms in total. The average Bonchev–Trinajstić information content (AvgIpc) is 2.41. The van der Waals surface area contributed by atoms with Gasteiger partial charge in [0, 0.05) is 24.1 Å². The molecular weight excluding hydrogens is 258 g/mol. The van der Waals surface area contributed by atoms with Crippen LogP contribution in [0, 0.1) is 11.3 Å². The molecule has 1 aliphatic heterocycles. The highest BCUT2D eigenvalue weighted by Gasteiger charge is 2.46. The summed E-state index contributed by atoms with van der Waals surface area (Å²) >= 11 is 3.34. The Morgan fingerprint density at radius 1 is 1.73 bits per heavy atom. The lowest BCUT2D eigenvalue weighted by atomic mass is 9.81. The lowest BCUT2D eigenvalue weighted by molar-refractivity contribution is -0.152. The molecular formula is C11H18BrNO2. The van der Waals surface area contributed by atoms with Gasteiger partial charge in [0.05, 0.1) is 12.5 Å². The monoisotopic (exact) mass is 275 g/mol. The fourth-order valence-electron chi connectivity index (χ4n) is 2.14. The first kappa shape index (κ1) is 12.7. The van der Waals surface area contributed by atoms with Crippen molar-refractivity contribution in [2.45, 2.75) is 13.8 Å². The van der Waals surface area contributed by atoms with E-state index in [0.717, 1.165) is 24.1 Å². The molecule has 1 fully saturated rings. The smallest absolute Gasteiger partial charge is 0.313 e. The zero-order valence-electron chi connectivity index (χ0n) is 9.55. The van der Waals surface area contributed by atoms with Crippen LogP contribution >= 0.6 is 15.9 Å². The number of halogens is 1. The van der Waals surface area contributed by atoms with Crippen LogP contribution in [0.3, 0.4) is 0 Å². The van der Waals surface area contributed by atoms with E-state index in [1.807, 2.05) is 6.92 Å². The van der Waals surface area contributed by atoms with Gasteiger partial charge in [0.25, 0.3) is 0 Å². The SMILES string of the molecule is C=C(Br)CN1C[C@@H](C)[C@](C)(C(=O)OC)C1. The van der Waals surface area contributed by atoms with Gasteiger partial charge in [-0.3, -0.25) is 9.69 Å². The first-order valence-electron chi connectivity index (χ1n) is 5.04. The third-order valence-electron chi connectivity index (χ3n) is 3.22. The van der Waals surface area contributed by atoms with Gasteiger partial charge in [0.1, 0.15) is 0 Å². The minimum atomic E-state index is -0.378. The fourth-order valence-corrected chi connectivity index (χ4v) is 2.49. The molecule has 2 atom stereocenters. The molecule has 4 heteroatoms. The molecule has 0 saturated carbocycles. The van der Waals surface area contributed by atoms with E-state index in [2.05, 4.69) is 34.3 Å². The largest absolute Gasteiger partial charge is 0.469 e. The number of carbonyl (C=O) groups is 1. The maximum Gasteiger partial charge on any atom is 0.313 e. The second-order valence-corrected chi connectivity index (χ2v) is 5.62. The molecule has 0 aromatic rings. The fraction of sp³-hybridized carbons (Fsp3) is 0.727. The minimum absolute atomic E-state index is 0.113. The van der Waals surface area contributed by atoms with E-state index in [4.69, 9.17) is 4.74 Å². The number of ether oxygens (including phenoxy) is 1. The highest BCUT2D eigenvalue weighted by molar-refractivity contribution is 9.11. The van der Waals surface area contributed by atoms with Gasteiger partial charge in [-0.05, 0) is 12.8 Å². The van der Waals surface area contributed by atoms with Crippen LogP contribution in [-0.4, -0.2) is 37.6 Å². The van der Waals surface area contributed by atoms with Crippen molar-refractivity contribution < 1.29 is 9.53 Å². The van der Waals surface area contributed by atoms with Crippen LogP contribution in [0.15, 0.2) is 11.1 Å². The second-order valence-electron chi connectivity index (χ2n) is 4.50. The molecule has 1 saturated heterocycles. The van der Waals surface area contributed by atoms with Crippen LogP contribution in [0.25, 0.3) is 0 Å². The van der Waals surface area contributed by atoms with Crippen molar-refractivity contribution in [1.29, 1.82) is 0 Å². The van der Waals surface area contributed by atoms with Crippen LogP contribution in [0.1, 0.15) is 13.8 Å². The molecule has 1 heterocycles. The minimum Gasteiger partial charge on any atom is -0.469 e. The number of methoxy groups -OCH3 is 1. The quantitative estimate of drug-likeness (QED) is 0.739. The van der Waals surface area contributed by atoms with E-state index in [1.54, 1.807) is 0 Å². The van der Waals surface area contributed by atoms with E-state index >= 15 is 0 Å². The Balaban J connectivity index is 2.70. The highest BCUT2D eigenvalue weighted by atomic mass is 79.9. The Bertz CT molecular complexity index is 280. The maximum atomic E-state index is 11.7. The summed E-state index contributed by atoms with van der Waals surface area (Å²) in [5.41, 5.74) is -0.378. The topological polar surface area (TPSA) is 29.5 Å². The molecule has 0 unspecified atom stereocenters. The summed E-state index contributed by atoms with van der Waals surface area (Å²) < 4.78 is 5.81. The number of carbonyl (C=O) groups excluding carboxylic acids is 1. The van der Waals surface area contributed by atoms with Gasteiger partial charge >= 0.3 is 5.97 Å². The van der Waals surface area contributed by atoms with Crippen LogP contribution in [-0.2, 0) is 9.53 Å². The van der Waals surface area contributed by atoms with Gasteiger partial charge in [-0.15, -0.1) is 0 Å². The normalized spacial score (nSPS) is 31.6. The summed E-state index contributed by atoms with van der Waals surface area (Å²) in [6.07, 6.45) is 0. The van der Waals surface area contributed by atoms with E-state index < -0.39 is 0 Å². The van der Waals surface area contributed by atoms with Gasteiger partial charge in [0.2, 0.25) is 0 Å². The van der Waals surface area contributed by atoms with Gasteiger partial charge in [-0.25, -0.2) is 0 Å². The summed E-state index contributed by atoms with van der Waals surface area (Å²) in [6, 6.07) is 0. The Morgan fingerprint density at radius 2 is 2.33 bits per heavy atom. The number of esters is 1. The third kappa shape index (κ3) is 2.61. The second kappa shape index (κ2) is 4.66. The number of hydrogen-bond acceptors (Lipinski definition) is 3. The van der Waals surface area contributed by atoms with Crippen LogP contribution in [0.4, 0.5) is 0 Å². The highest BCUT2D eigenvalue weighted by Crippen LogP contribution is 2.36. The molecule has 15 heavy (non-hydrogen) atoms. The maximum absolute atomic E-state index is 11.7. The molecule has 0 aliphatic carbocycles. The molecule has 0 N–H and O–H groups in total. The number of likely N-dealkylation sites (tertiary alicyclic amines) is 1. The molecule has 0 spiro atoms. The lowest BCUT2D eigenvalue weighted by Gasteiger charge is -2.24. The summed E-state index contributed by atoms with van der Waals surface area (Å²) in [4.78, 5) is 13.9. The van der Waals surface area contributed by atoms with Crippen molar-refractivity contribution in [3.05, 3.63) is 11.1 Å². The van der Waals surface area contributed by atoms with E-state index in [0.29, 0.717) is 5.92 Å². The first-order valence-corrected chi connectivity index (χ1v) is 5.83. The third-order valence-corrected chi connectivity index (χ3v) is 3.47. The van der Waals surface area contributed by atoms with Crippen molar-refractivity contribution in [2.24, 2.45) is 11.3 Å². The molecule has 0 radical (unpaired) electrons. The summed E-state index contributed by atoms with van der Waals surface area (Å²) in [6.45, 7) is 10.3. The molecule has 0 bridgehead atoms. The summed E-state index contributed by atoms with van der Waals surface area (Å²) in [7, 11) is 1.45. The molecule has 1 rings (SSSR count). The molecule has 0 aromatic heterocycles. The number of nitrogens with zero attached hydrogens (tertiary/aromatic N) is 1. The van der Waals surface area contributed by atoms with E-state index in [1.165, 1.54) is 7.11 Å². The Morgan fingerprint density at radius 3 is 2.80 bits per heavy atom. The number of hydrogen-bond donors (Lipinski definition) is 0. The van der Waals surface area contributed by atoms with E-state index in [-0.39, 0.29) is 11.4 Å². The zero-order chi connectivity index (χ0) is 11.6. The molecule has 86 valence electrons. The average molecular weight is 276 g/mol. The first-order chi connectivity index (χ1) is 6.90. The predicted molar refractivity (Wildman–Crippen MR) is 63.8 cm³/mol. The van der Waals surface area contributed by atoms with Gasteiger partial charge in [0.15, 0.2) is 0 Å². The van der Waals surface area contributed by atoms with Crippen molar-refractivity contribution >= 4 is 21.9 Å². The van der Waals surface area contributed by atoms with Crippen molar-refractivity contribution in [1.82, 2.24) is 4.90 Å². The lowest BCUT2D eigenvalue weighted by Crippen LogP contribution is -2.36. The Kier molecular flexibility index (Phi) is 3.95. The molecule has 0 amide bonds. The Hall–Kier alpha value is -0.350. The van der Waals surface area contributed by atoms with Crippen LogP contribution in [0.2, 0.25) is 0 Å². The summed E-state index contributed by atoms with van der Waals surface area (Å²) in [5.74, 6) is 0.203. The van der Waals surface area contributed by atoms with Gasteiger partial charge in [-0.1, -0.05) is 29.4 Å². The van der Waals surface area contributed by atoms with Crippen LogP contribution in [0.5, 0.6) is 0 Å². The van der Waals surface area contributed by atoms with Crippen molar-refractivity contribution in [2.75, 3.05) is 26.7 Å². The standard InChI is InChI=1S/C11H18BrNO2/c1-8-5-13(6-9(2)12)7-11(8,3)10(14)15-4/h8H,2,5-7H2,1,3-4H3/t8-,11-/m1/s1. The predicted octanol–water partition coefficient (Wildman–Crippen LogP) is 2.03.